The minimum Gasteiger partial charge on any atom is -0.386 e. The molecular weight excluding hydrogens is 198 g/mol. The fourth-order valence-corrected chi connectivity index (χ4v) is 0.953. The van der Waals surface area contributed by atoms with Gasteiger partial charge in [-0.05, 0) is 6.92 Å². The summed E-state index contributed by atoms with van der Waals surface area (Å²) >= 11 is 3.13. The van der Waals surface area contributed by atoms with Crippen LogP contribution in [0, 0.1) is 6.92 Å². The molecule has 1 unspecified atom stereocenters. The molecule has 0 spiro atoms. The molecular formula is C6H8BrNO2. The molecule has 0 fully saturated rings. The number of hydrogen-bond donors (Lipinski definition) is 1. The van der Waals surface area contributed by atoms with Crippen LogP contribution >= 0.6 is 15.9 Å². The molecule has 4 heteroatoms. The quantitative estimate of drug-likeness (QED) is 0.744. The van der Waals surface area contributed by atoms with Crippen LogP contribution in [-0.2, 0) is 0 Å². The Morgan fingerprint density at radius 3 is 3.00 bits per heavy atom. The maximum Gasteiger partial charge on any atom is 0.134 e. The minimum atomic E-state index is -0.558. The highest BCUT2D eigenvalue weighted by molar-refractivity contribution is 9.09. The van der Waals surface area contributed by atoms with Gasteiger partial charge in [0.1, 0.15) is 17.6 Å². The Morgan fingerprint density at radius 2 is 2.60 bits per heavy atom. The second-order valence-corrected chi connectivity index (χ2v) is 2.68. The topological polar surface area (TPSA) is 46.3 Å². The number of alkyl halides is 1. The smallest absolute Gasteiger partial charge is 0.134 e. The summed E-state index contributed by atoms with van der Waals surface area (Å²) in [5.74, 6) is 0.718. The molecule has 0 aliphatic rings. The maximum atomic E-state index is 9.17. The number of aromatic nitrogens is 1. The number of nitrogens with zero attached hydrogens (tertiary/aromatic N) is 1. The summed E-state index contributed by atoms with van der Waals surface area (Å²) in [6.07, 6.45) is -0.558. The third-order valence-corrected chi connectivity index (χ3v) is 1.75. The highest BCUT2D eigenvalue weighted by Crippen LogP contribution is 2.13. The largest absolute Gasteiger partial charge is 0.386 e. The molecule has 3 nitrogen and oxygen atoms in total. The lowest BCUT2D eigenvalue weighted by Crippen LogP contribution is -1.97. The van der Waals surface area contributed by atoms with E-state index in [1.54, 1.807) is 13.0 Å². The normalized spacial score (nSPS) is 13.5. The molecule has 0 aromatic carbocycles. The van der Waals surface area contributed by atoms with Crippen molar-refractivity contribution in [2.45, 2.75) is 13.0 Å². The molecule has 0 amide bonds. The van der Waals surface area contributed by atoms with Crippen LogP contribution in [0.4, 0.5) is 0 Å². The minimum absolute atomic E-state index is 0.485. The van der Waals surface area contributed by atoms with Gasteiger partial charge in [-0.1, -0.05) is 21.1 Å². The first-order valence-corrected chi connectivity index (χ1v) is 4.03. The summed E-state index contributed by atoms with van der Waals surface area (Å²) in [5.41, 5.74) is 0.578. The first kappa shape index (κ1) is 7.75. The lowest BCUT2D eigenvalue weighted by molar-refractivity contribution is 0.193. The lowest BCUT2D eigenvalue weighted by atomic mass is 10.3. The number of aryl methyl sites for hydroxylation is 1. The van der Waals surface area contributed by atoms with Gasteiger partial charge in [0, 0.05) is 11.4 Å². The molecule has 0 aliphatic heterocycles. The molecule has 1 aromatic heterocycles. The van der Waals surface area contributed by atoms with Crippen molar-refractivity contribution in [1.82, 2.24) is 5.16 Å². The second kappa shape index (κ2) is 3.16. The van der Waals surface area contributed by atoms with E-state index in [1.807, 2.05) is 0 Å². The molecule has 0 saturated carbocycles. The number of aliphatic hydroxyl groups is 1. The van der Waals surface area contributed by atoms with Crippen molar-refractivity contribution in [1.29, 1.82) is 0 Å². The Balaban J connectivity index is 2.74. The fourth-order valence-electron chi connectivity index (χ4n) is 0.622. The van der Waals surface area contributed by atoms with Gasteiger partial charge >= 0.3 is 0 Å². The van der Waals surface area contributed by atoms with Gasteiger partial charge in [0.2, 0.25) is 0 Å². The zero-order valence-corrected chi connectivity index (χ0v) is 7.13. The van der Waals surface area contributed by atoms with E-state index in [9.17, 15) is 5.11 Å². The third-order valence-electron chi connectivity index (χ3n) is 1.13. The van der Waals surface area contributed by atoms with Crippen molar-refractivity contribution in [2.24, 2.45) is 0 Å². The van der Waals surface area contributed by atoms with E-state index in [0.29, 0.717) is 11.0 Å². The molecule has 0 aliphatic carbocycles. The molecule has 1 atom stereocenters. The van der Waals surface area contributed by atoms with Crippen LogP contribution in [-0.4, -0.2) is 15.6 Å². The number of aliphatic hydroxyl groups excluding tert-OH is 1. The van der Waals surface area contributed by atoms with Crippen LogP contribution in [0.25, 0.3) is 0 Å². The van der Waals surface area contributed by atoms with Crippen molar-refractivity contribution in [3.8, 4) is 0 Å². The number of halogens is 1. The van der Waals surface area contributed by atoms with E-state index >= 15 is 0 Å². The van der Waals surface area contributed by atoms with E-state index in [-0.39, 0.29) is 0 Å². The van der Waals surface area contributed by atoms with Crippen LogP contribution in [0.1, 0.15) is 17.6 Å². The SMILES string of the molecule is Cc1cc(C(O)CBr)no1. The van der Waals surface area contributed by atoms with Crippen molar-refractivity contribution in [2.75, 3.05) is 5.33 Å². The van der Waals surface area contributed by atoms with Crippen molar-refractivity contribution < 1.29 is 9.63 Å². The molecule has 0 radical (unpaired) electrons. The fraction of sp³-hybridized carbons (Fsp3) is 0.500. The number of hydrogen-bond acceptors (Lipinski definition) is 3. The van der Waals surface area contributed by atoms with E-state index in [2.05, 4.69) is 21.1 Å². The number of rotatable bonds is 2. The maximum absolute atomic E-state index is 9.17. The highest BCUT2D eigenvalue weighted by Gasteiger charge is 2.09. The first-order chi connectivity index (χ1) is 4.74. The molecule has 0 saturated heterocycles. The zero-order chi connectivity index (χ0) is 7.56. The first-order valence-electron chi connectivity index (χ1n) is 2.91. The standard InChI is InChI=1S/C6H8BrNO2/c1-4-2-5(8-10-4)6(9)3-7/h2,6,9H,3H2,1H3. The van der Waals surface area contributed by atoms with E-state index in [1.165, 1.54) is 0 Å². The molecule has 1 aromatic rings. The predicted molar refractivity (Wildman–Crippen MR) is 40.0 cm³/mol. The monoisotopic (exact) mass is 205 g/mol. The predicted octanol–water partition coefficient (Wildman–Crippen LogP) is 1.41. The van der Waals surface area contributed by atoms with Crippen LogP contribution in [0.5, 0.6) is 0 Å². The summed E-state index contributed by atoms with van der Waals surface area (Å²) in [4.78, 5) is 0. The molecule has 0 bridgehead atoms. The Bertz CT molecular complexity index is 211. The van der Waals surface area contributed by atoms with Gasteiger partial charge in [-0.2, -0.15) is 0 Å². The van der Waals surface area contributed by atoms with Crippen LogP contribution in [0.2, 0.25) is 0 Å². The van der Waals surface area contributed by atoms with E-state index in [4.69, 9.17) is 4.52 Å². The average Bonchev–Trinajstić information content (AvgIpc) is 2.34. The van der Waals surface area contributed by atoms with Gasteiger partial charge in [0.15, 0.2) is 0 Å². The van der Waals surface area contributed by atoms with Gasteiger partial charge < -0.3 is 9.63 Å². The Morgan fingerprint density at radius 1 is 1.90 bits per heavy atom. The van der Waals surface area contributed by atoms with Crippen LogP contribution < -0.4 is 0 Å². The summed E-state index contributed by atoms with van der Waals surface area (Å²) < 4.78 is 4.76. The third kappa shape index (κ3) is 1.58. The average molecular weight is 206 g/mol. The van der Waals surface area contributed by atoms with Gasteiger partial charge in [0.05, 0.1) is 0 Å². The van der Waals surface area contributed by atoms with Crippen molar-refractivity contribution in [3.63, 3.8) is 0 Å². The zero-order valence-electron chi connectivity index (χ0n) is 5.54. The summed E-state index contributed by atoms with van der Waals surface area (Å²) in [6.45, 7) is 1.79. The molecule has 10 heavy (non-hydrogen) atoms. The van der Waals surface area contributed by atoms with Gasteiger partial charge in [-0.25, -0.2) is 0 Å². The molecule has 56 valence electrons. The van der Waals surface area contributed by atoms with Crippen LogP contribution in [0.3, 0.4) is 0 Å². The van der Waals surface area contributed by atoms with E-state index < -0.39 is 6.10 Å². The van der Waals surface area contributed by atoms with Crippen molar-refractivity contribution >= 4 is 15.9 Å². The molecule has 1 rings (SSSR count). The summed E-state index contributed by atoms with van der Waals surface area (Å²) in [7, 11) is 0. The highest BCUT2D eigenvalue weighted by atomic mass is 79.9. The lowest BCUT2D eigenvalue weighted by Gasteiger charge is -1.97. The van der Waals surface area contributed by atoms with Gasteiger partial charge in [-0.3, -0.25) is 0 Å². The Kier molecular flexibility index (Phi) is 2.45. The second-order valence-electron chi connectivity index (χ2n) is 2.03. The Hall–Kier alpha value is -0.350. The van der Waals surface area contributed by atoms with Gasteiger partial charge in [-0.15, -0.1) is 0 Å². The van der Waals surface area contributed by atoms with Gasteiger partial charge in [0.25, 0.3) is 0 Å². The summed E-state index contributed by atoms with van der Waals surface area (Å²) in [6, 6.07) is 1.71. The summed E-state index contributed by atoms with van der Waals surface area (Å²) in [5, 5.41) is 13.3. The van der Waals surface area contributed by atoms with Crippen LogP contribution in [0.15, 0.2) is 10.6 Å². The molecule has 1 N–H and O–H groups in total. The van der Waals surface area contributed by atoms with Crippen molar-refractivity contribution in [3.05, 3.63) is 17.5 Å². The van der Waals surface area contributed by atoms with E-state index in [0.717, 1.165) is 5.76 Å². The molecule has 1 heterocycles. The Labute approximate surface area is 67.2 Å².